The Kier molecular flexibility index (Phi) is 13.6. The first-order valence-corrected chi connectivity index (χ1v) is 11.5. The van der Waals surface area contributed by atoms with Crippen LogP contribution in [0.3, 0.4) is 0 Å². The lowest BCUT2D eigenvalue weighted by Crippen LogP contribution is -2.55. The van der Waals surface area contributed by atoms with Crippen LogP contribution < -0.4 is 0 Å². The summed E-state index contributed by atoms with van der Waals surface area (Å²) in [7, 11) is 4.50. The Morgan fingerprint density at radius 1 is 0.688 bits per heavy atom. The molecule has 0 N–H and O–H groups in total. The Labute approximate surface area is 193 Å². The first-order chi connectivity index (χ1) is 14.9. The zero-order chi connectivity index (χ0) is 25.0. The number of ether oxygens (including phenoxy) is 2. The van der Waals surface area contributed by atoms with Gasteiger partial charge in [-0.3, -0.25) is 14.5 Å². The topological polar surface area (TPSA) is 96.5 Å². The van der Waals surface area contributed by atoms with Crippen LogP contribution >= 0.6 is 0 Å². The zero-order valence-electron chi connectivity index (χ0n) is 21.3. The Morgan fingerprint density at radius 3 is 1.66 bits per heavy atom. The second-order valence-electron chi connectivity index (χ2n) is 8.71. The van der Waals surface area contributed by atoms with Crippen LogP contribution in [0.15, 0.2) is 0 Å². The van der Waals surface area contributed by atoms with Crippen molar-refractivity contribution in [1.29, 1.82) is 0 Å². The normalized spacial score (nSPS) is 13.7. The first-order valence-electron chi connectivity index (χ1n) is 11.5. The molecule has 0 aromatic heterocycles. The van der Waals surface area contributed by atoms with Crippen LogP contribution in [0.2, 0.25) is 0 Å². The van der Waals surface area contributed by atoms with Crippen molar-refractivity contribution in [1.82, 2.24) is 14.7 Å². The fourth-order valence-corrected chi connectivity index (χ4v) is 2.81. The highest BCUT2D eigenvalue weighted by atomic mass is 16.6. The Balaban J connectivity index is 4.86. The SMILES string of the molecule is CCCCOC(=O)N(C)C(C)C(=O)N(C)C(C)C(=O)N(C)C(C)C(=O)OCCCC(C)C. The van der Waals surface area contributed by atoms with Gasteiger partial charge in [0, 0.05) is 21.1 Å². The van der Waals surface area contributed by atoms with Gasteiger partial charge in [0.25, 0.3) is 0 Å². The van der Waals surface area contributed by atoms with E-state index < -0.39 is 42.0 Å². The Hall–Kier alpha value is -2.32. The van der Waals surface area contributed by atoms with Gasteiger partial charge in [0.05, 0.1) is 13.2 Å². The van der Waals surface area contributed by atoms with Gasteiger partial charge >= 0.3 is 12.1 Å². The maximum Gasteiger partial charge on any atom is 0.410 e. The summed E-state index contributed by atoms with van der Waals surface area (Å²) in [6.45, 7) is 11.6. The van der Waals surface area contributed by atoms with Crippen molar-refractivity contribution in [3.05, 3.63) is 0 Å². The average molecular weight is 458 g/mol. The minimum atomic E-state index is -0.823. The molecular weight excluding hydrogens is 414 g/mol. The lowest BCUT2D eigenvalue weighted by Gasteiger charge is -2.33. The molecule has 3 unspecified atom stereocenters. The van der Waals surface area contributed by atoms with Crippen LogP contribution in [0.25, 0.3) is 0 Å². The first kappa shape index (κ1) is 29.7. The minimum Gasteiger partial charge on any atom is -0.464 e. The highest BCUT2D eigenvalue weighted by Gasteiger charge is 2.34. The van der Waals surface area contributed by atoms with E-state index in [1.807, 2.05) is 6.92 Å². The minimum absolute atomic E-state index is 0.293. The monoisotopic (exact) mass is 457 g/mol. The van der Waals surface area contributed by atoms with Crippen LogP contribution in [-0.4, -0.2) is 91.1 Å². The molecule has 9 nitrogen and oxygen atoms in total. The van der Waals surface area contributed by atoms with E-state index in [1.54, 1.807) is 20.8 Å². The fraction of sp³-hybridized carbons (Fsp3) is 0.826. The van der Waals surface area contributed by atoms with Crippen LogP contribution in [0, 0.1) is 5.92 Å². The lowest BCUT2D eigenvalue weighted by molar-refractivity contribution is -0.156. The van der Waals surface area contributed by atoms with Gasteiger partial charge in [-0.25, -0.2) is 9.59 Å². The van der Waals surface area contributed by atoms with Gasteiger partial charge in [-0.1, -0.05) is 27.2 Å². The van der Waals surface area contributed by atoms with E-state index in [1.165, 1.54) is 35.8 Å². The molecule has 0 radical (unpaired) electrons. The standard InChI is InChI=1S/C23H43N3O6/c1-10-11-14-32-23(30)26(9)18(5)21(28)24(7)17(4)20(27)25(8)19(6)22(29)31-15-12-13-16(2)3/h16-19H,10-15H2,1-9H3. The van der Waals surface area contributed by atoms with Crippen molar-refractivity contribution in [2.24, 2.45) is 5.92 Å². The summed E-state index contributed by atoms with van der Waals surface area (Å²) < 4.78 is 10.4. The van der Waals surface area contributed by atoms with Gasteiger partial charge in [-0.15, -0.1) is 0 Å². The van der Waals surface area contributed by atoms with E-state index in [-0.39, 0.29) is 0 Å². The molecule has 32 heavy (non-hydrogen) atoms. The summed E-state index contributed by atoms with van der Waals surface area (Å²) in [5, 5.41) is 0. The highest BCUT2D eigenvalue weighted by molar-refractivity contribution is 5.92. The quantitative estimate of drug-likeness (QED) is 0.312. The molecule has 0 aromatic carbocycles. The largest absolute Gasteiger partial charge is 0.464 e. The molecule has 3 amide bonds. The molecule has 0 heterocycles. The van der Waals surface area contributed by atoms with Gasteiger partial charge in [0.1, 0.15) is 18.1 Å². The van der Waals surface area contributed by atoms with E-state index in [4.69, 9.17) is 9.47 Å². The summed E-state index contributed by atoms with van der Waals surface area (Å²) in [5.74, 6) is -0.747. The second kappa shape index (κ2) is 14.7. The summed E-state index contributed by atoms with van der Waals surface area (Å²) in [4.78, 5) is 53.9. The van der Waals surface area contributed by atoms with Crippen LogP contribution in [0.1, 0.15) is 67.2 Å². The number of hydrogen-bond acceptors (Lipinski definition) is 6. The molecule has 0 aromatic rings. The van der Waals surface area contributed by atoms with Gasteiger partial charge in [-0.05, 0) is 46.0 Å². The molecule has 0 aliphatic rings. The van der Waals surface area contributed by atoms with Crippen molar-refractivity contribution in [3.8, 4) is 0 Å². The third kappa shape index (κ3) is 9.44. The van der Waals surface area contributed by atoms with Crippen molar-refractivity contribution in [3.63, 3.8) is 0 Å². The number of unbranched alkanes of at least 4 members (excludes halogenated alkanes) is 1. The van der Waals surface area contributed by atoms with E-state index in [9.17, 15) is 19.2 Å². The number of nitrogens with zero attached hydrogens (tertiary/aromatic N) is 3. The third-order valence-electron chi connectivity index (χ3n) is 5.68. The molecule has 186 valence electrons. The summed E-state index contributed by atoms with van der Waals surface area (Å²) in [6.07, 6.45) is 2.79. The Morgan fingerprint density at radius 2 is 1.16 bits per heavy atom. The third-order valence-corrected chi connectivity index (χ3v) is 5.68. The van der Waals surface area contributed by atoms with Gasteiger partial charge in [-0.2, -0.15) is 0 Å². The molecule has 9 heteroatoms. The molecule has 0 bridgehead atoms. The summed E-state index contributed by atoms with van der Waals surface area (Å²) >= 11 is 0. The van der Waals surface area contributed by atoms with E-state index >= 15 is 0 Å². The summed E-state index contributed by atoms with van der Waals surface area (Å²) in [5.41, 5.74) is 0. The van der Waals surface area contributed by atoms with Crippen LogP contribution in [-0.2, 0) is 23.9 Å². The lowest BCUT2D eigenvalue weighted by atomic mass is 10.1. The molecule has 0 spiro atoms. The molecule has 0 saturated carbocycles. The molecular formula is C23H43N3O6. The van der Waals surface area contributed by atoms with E-state index in [2.05, 4.69) is 13.8 Å². The smallest absolute Gasteiger partial charge is 0.410 e. The van der Waals surface area contributed by atoms with Crippen molar-refractivity contribution in [2.75, 3.05) is 34.4 Å². The van der Waals surface area contributed by atoms with Crippen LogP contribution in [0.4, 0.5) is 4.79 Å². The molecule has 0 fully saturated rings. The average Bonchev–Trinajstić information content (AvgIpc) is 2.77. The predicted octanol–water partition coefficient (Wildman–Crippen LogP) is 2.92. The van der Waals surface area contributed by atoms with Gasteiger partial charge < -0.3 is 19.3 Å². The van der Waals surface area contributed by atoms with Crippen molar-refractivity contribution in [2.45, 2.75) is 85.4 Å². The summed E-state index contributed by atoms with van der Waals surface area (Å²) in [6, 6.07) is -2.41. The van der Waals surface area contributed by atoms with Crippen molar-refractivity contribution >= 4 is 23.9 Å². The number of likely N-dealkylation sites (N-methyl/N-ethyl adjacent to an activating group) is 3. The molecule has 0 saturated heterocycles. The number of hydrogen-bond donors (Lipinski definition) is 0. The zero-order valence-corrected chi connectivity index (χ0v) is 21.3. The van der Waals surface area contributed by atoms with E-state index in [0.29, 0.717) is 19.1 Å². The predicted molar refractivity (Wildman–Crippen MR) is 123 cm³/mol. The fourth-order valence-electron chi connectivity index (χ4n) is 2.81. The maximum atomic E-state index is 12.9. The van der Waals surface area contributed by atoms with Gasteiger partial charge in [0.15, 0.2) is 0 Å². The Bertz CT molecular complexity index is 625. The molecule has 3 atom stereocenters. The second-order valence-corrected chi connectivity index (χ2v) is 8.71. The maximum absolute atomic E-state index is 12.9. The number of esters is 1. The number of carbonyl (C=O) groups is 4. The van der Waals surface area contributed by atoms with Crippen LogP contribution in [0.5, 0.6) is 0 Å². The van der Waals surface area contributed by atoms with E-state index in [0.717, 1.165) is 25.7 Å². The number of rotatable bonds is 13. The number of amides is 3. The molecule has 0 aliphatic heterocycles. The van der Waals surface area contributed by atoms with Crippen molar-refractivity contribution < 1.29 is 28.7 Å². The molecule has 0 aliphatic carbocycles. The van der Waals surface area contributed by atoms with Gasteiger partial charge in [0.2, 0.25) is 11.8 Å². The number of carbonyl (C=O) groups excluding carboxylic acids is 4. The molecule has 0 rings (SSSR count). The highest BCUT2D eigenvalue weighted by Crippen LogP contribution is 2.11.